The van der Waals surface area contributed by atoms with Crippen molar-refractivity contribution in [1.82, 2.24) is 10.2 Å². The molecule has 1 saturated carbocycles. The van der Waals surface area contributed by atoms with Gasteiger partial charge in [0, 0.05) is 12.6 Å². The van der Waals surface area contributed by atoms with Crippen LogP contribution in [-0.2, 0) is 4.79 Å². The lowest BCUT2D eigenvalue weighted by molar-refractivity contribution is -0.139. The Morgan fingerprint density at radius 1 is 1.42 bits per heavy atom. The summed E-state index contributed by atoms with van der Waals surface area (Å²) in [6.45, 7) is 8.63. The molecule has 1 saturated heterocycles. The summed E-state index contributed by atoms with van der Waals surface area (Å²) in [4.78, 5) is 15.2. The average Bonchev–Trinajstić information content (AvgIpc) is 3.09. The molecule has 0 spiro atoms. The molecule has 1 aliphatic heterocycles. The molecule has 1 N–H and O–H groups in total. The minimum atomic E-state index is -0.228. The largest absolute Gasteiger partial charge is 0.338 e. The molecule has 0 radical (unpaired) electrons. The van der Waals surface area contributed by atoms with Crippen LogP contribution in [0.5, 0.6) is 0 Å². The van der Waals surface area contributed by atoms with Crippen molar-refractivity contribution in [2.24, 2.45) is 5.92 Å². The lowest BCUT2D eigenvalue weighted by Crippen LogP contribution is -2.55. The molecular weight excluding hydrogens is 236 g/mol. The van der Waals surface area contributed by atoms with Gasteiger partial charge in [-0.25, -0.2) is 0 Å². The Morgan fingerprint density at radius 2 is 2.16 bits per heavy atom. The van der Waals surface area contributed by atoms with Gasteiger partial charge in [-0.05, 0) is 51.0 Å². The van der Waals surface area contributed by atoms with Crippen LogP contribution in [0.1, 0.15) is 65.7 Å². The molecular formula is C16H30N2O. The zero-order chi connectivity index (χ0) is 13.9. The number of nitrogens with one attached hydrogen (secondary N) is 1. The Morgan fingerprint density at radius 3 is 2.63 bits per heavy atom. The number of hydrogen-bond acceptors (Lipinski definition) is 2. The first-order valence-corrected chi connectivity index (χ1v) is 8.15. The van der Waals surface area contributed by atoms with Crippen LogP contribution in [0.4, 0.5) is 0 Å². The van der Waals surface area contributed by atoms with Crippen molar-refractivity contribution in [3.63, 3.8) is 0 Å². The van der Waals surface area contributed by atoms with E-state index in [1.807, 2.05) is 0 Å². The third-order valence-electron chi connectivity index (χ3n) is 4.53. The molecule has 2 aliphatic rings. The van der Waals surface area contributed by atoms with Crippen molar-refractivity contribution in [2.75, 3.05) is 13.1 Å². The molecule has 1 amide bonds. The fourth-order valence-corrected chi connectivity index (χ4v) is 3.24. The van der Waals surface area contributed by atoms with E-state index in [2.05, 4.69) is 31.0 Å². The van der Waals surface area contributed by atoms with Crippen molar-refractivity contribution in [1.29, 1.82) is 0 Å². The van der Waals surface area contributed by atoms with Gasteiger partial charge in [0.05, 0.1) is 5.54 Å². The minimum absolute atomic E-state index is 0.228. The molecule has 0 bridgehead atoms. The second kappa shape index (κ2) is 6.25. The van der Waals surface area contributed by atoms with Crippen molar-refractivity contribution < 1.29 is 4.79 Å². The molecule has 0 aromatic heterocycles. The Kier molecular flexibility index (Phi) is 4.88. The maximum absolute atomic E-state index is 13.0. The van der Waals surface area contributed by atoms with E-state index >= 15 is 0 Å². The van der Waals surface area contributed by atoms with Crippen molar-refractivity contribution in [2.45, 2.75) is 77.3 Å². The van der Waals surface area contributed by atoms with Crippen LogP contribution < -0.4 is 5.32 Å². The van der Waals surface area contributed by atoms with Crippen LogP contribution in [0.15, 0.2) is 0 Å². The van der Waals surface area contributed by atoms with Crippen LogP contribution >= 0.6 is 0 Å². The van der Waals surface area contributed by atoms with Crippen LogP contribution in [0.2, 0.25) is 0 Å². The van der Waals surface area contributed by atoms with Gasteiger partial charge in [0.25, 0.3) is 0 Å². The topological polar surface area (TPSA) is 32.3 Å². The minimum Gasteiger partial charge on any atom is -0.338 e. The van der Waals surface area contributed by atoms with E-state index in [-0.39, 0.29) is 5.54 Å². The van der Waals surface area contributed by atoms with Gasteiger partial charge in [-0.3, -0.25) is 4.79 Å². The molecule has 0 aromatic carbocycles. The van der Waals surface area contributed by atoms with Crippen LogP contribution in [0, 0.1) is 5.92 Å². The van der Waals surface area contributed by atoms with Crippen LogP contribution in [0.3, 0.4) is 0 Å². The van der Waals surface area contributed by atoms with E-state index in [4.69, 9.17) is 0 Å². The third-order valence-corrected chi connectivity index (χ3v) is 4.53. The Bertz CT molecular complexity index is 304. The van der Waals surface area contributed by atoms with Crippen LogP contribution in [-0.4, -0.2) is 35.5 Å². The summed E-state index contributed by atoms with van der Waals surface area (Å²) in [5.41, 5.74) is -0.228. The van der Waals surface area contributed by atoms with E-state index in [0.717, 1.165) is 45.2 Å². The number of carbonyl (C=O) groups excluding carboxylic acids is 1. The molecule has 0 aromatic rings. The highest BCUT2D eigenvalue weighted by molar-refractivity contribution is 5.87. The molecule has 2 fully saturated rings. The maximum Gasteiger partial charge on any atom is 0.243 e. The summed E-state index contributed by atoms with van der Waals surface area (Å²) >= 11 is 0. The smallest absolute Gasteiger partial charge is 0.243 e. The quantitative estimate of drug-likeness (QED) is 0.768. The standard InChI is InChI=1S/C16H30N2O/c1-4-9-16(10-5-11-17-16)15(19)18(14-6-7-14)12-8-13(2)3/h13-14,17H,4-12H2,1-3H3. The molecule has 110 valence electrons. The third kappa shape index (κ3) is 3.50. The Hall–Kier alpha value is -0.570. The first-order valence-electron chi connectivity index (χ1n) is 8.15. The molecule has 1 heterocycles. The molecule has 19 heavy (non-hydrogen) atoms. The van der Waals surface area contributed by atoms with E-state index in [9.17, 15) is 4.79 Å². The fourth-order valence-electron chi connectivity index (χ4n) is 3.24. The number of hydrogen-bond donors (Lipinski definition) is 1. The molecule has 1 atom stereocenters. The zero-order valence-electron chi connectivity index (χ0n) is 12.9. The van der Waals surface area contributed by atoms with Gasteiger partial charge < -0.3 is 10.2 Å². The monoisotopic (exact) mass is 266 g/mol. The van der Waals surface area contributed by atoms with Crippen molar-refractivity contribution in [3.05, 3.63) is 0 Å². The highest BCUT2D eigenvalue weighted by atomic mass is 16.2. The van der Waals surface area contributed by atoms with Gasteiger partial charge in [-0.15, -0.1) is 0 Å². The highest BCUT2D eigenvalue weighted by Crippen LogP contribution is 2.34. The SMILES string of the molecule is CCCC1(C(=O)N(CCC(C)C)C2CC2)CCCN1. The van der Waals surface area contributed by atoms with Gasteiger partial charge in [0.2, 0.25) is 5.91 Å². The van der Waals surface area contributed by atoms with Crippen LogP contribution in [0.25, 0.3) is 0 Å². The fraction of sp³-hybridized carbons (Fsp3) is 0.938. The van der Waals surface area contributed by atoms with E-state index in [0.29, 0.717) is 17.9 Å². The second-order valence-corrected chi connectivity index (χ2v) is 6.77. The maximum atomic E-state index is 13.0. The summed E-state index contributed by atoms with van der Waals surface area (Å²) in [6.07, 6.45) is 7.82. The summed E-state index contributed by atoms with van der Waals surface area (Å²) < 4.78 is 0. The second-order valence-electron chi connectivity index (χ2n) is 6.77. The summed E-state index contributed by atoms with van der Waals surface area (Å²) in [7, 11) is 0. The van der Waals surface area contributed by atoms with E-state index in [1.54, 1.807) is 0 Å². The van der Waals surface area contributed by atoms with E-state index in [1.165, 1.54) is 12.8 Å². The van der Waals surface area contributed by atoms with Crippen molar-refractivity contribution >= 4 is 5.91 Å². The zero-order valence-corrected chi connectivity index (χ0v) is 12.9. The Balaban J connectivity index is 2.04. The molecule has 3 nitrogen and oxygen atoms in total. The lowest BCUT2D eigenvalue weighted by Gasteiger charge is -2.35. The predicted molar refractivity (Wildman–Crippen MR) is 79.1 cm³/mol. The average molecular weight is 266 g/mol. The van der Waals surface area contributed by atoms with Gasteiger partial charge in [-0.1, -0.05) is 27.2 Å². The molecule has 3 heteroatoms. The molecule has 1 unspecified atom stereocenters. The summed E-state index contributed by atoms with van der Waals surface area (Å²) in [5, 5.41) is 3.53. The van der Waals surface area contributed by atoms with Gasteiger partial charge >= 0.3 is 0 Å². The van der Waals surface area contributed by atoms with Gasteiger partial charge in [-0.2, -0.15) is 0 Å². The molecule has 1 aliphatic carbocycles. The number of carbonyl (C=O) groups is 1. The molecule has 2 rings (SSSR count). The number of nitrogens with zero attached hydrogens (tertiary/aromatic N) is 1. The predicted octanol–water partition coefficient (Wildman–Crippen LogP) is 2.95. The first-order chi connectivity index (χ1) is 9.09. The number of amides is 1. The normalized spacial score (nSPS) is 26.9. The summed E-state index contributed by atoms with van der Waals surface area (Å²) in [6, 6.07) is 0.544. The van der Waals surface area contributed by atoms with Gasteiger partial charge in [0.15, 0.2) is 0 Å². The number of rotatable bonds is 7. The summed E-state index contributed by atoms with van der Waals surface area (Å²) in [5.74, 6) is 1.07. The lowest BCUT2D eigenvalue weighted by atomic mass is 9.90. The van der Waals surface area contributed by atoms with Gasteiger partial charge in [0.1, 0.15) is 0 Å². The van der Waals surface area contributed by atoms with Crippen molar-refractivity contribution in [3.8, 4) is 0 Å². The van der Waals surface area contributed by atoms with E-state index < -0.39 is 0 Å². The Labute approximate surface area is 118 Å². The highest BCUT2D eigenvalue weighted by Gasteiger charge is 2.45. The first kappa shape index (κ1) is 14.8.